The van der Waals surface area contributed by atoms with Crippen molar-refractivity contribution in [3.05, 3.63) is 15.0 Å². The van der Waals surface area contributed by atoms with E-state index in [1.807, 2.05) is 5.38 Å². The van der Waals surface area contributed by atoms with Crippen molar-refractivity contribution >= 4 is 33.2 Å². The molecule has 0 saturated carbocycles. The summed E-state index contributed by atoms with van der Waals surface area (Å²) in [4.78, 5) is 14.4. The van der Waals surface area contributed by atoms with E-state index in [2.05, 4.69) is 20.9 Å². The summed E-state index contributed by atoms with van der Waals surface area (Å²) in [6, 6.07) is 0. The zero-order chi connectivity index (χ0) is 8.27. The summed E-state index contributed by atoms with van der Waals surface area (Å²) in [5.74, 6) is -0.281. The zero-order valence-electron chi connectivity index (χ0n) is 5.83. The number of carbonyl (C=O) groups is 1. The maximum Gasteiger partial charge on any atom is 0.303 e. The number of carbonyl (C=O) groups excluding carboxylic acids is 1. The van der Waals surface area contributed by atoms with Crippen molar-refractivity contribution in [2.45, 2.75) is 13.5 Å². The van der Waals surface area contributed by atoms with Crippen molar-refractivity contribution in [3.63, 3.8) is 0 Å². The van der Waals surface area contributed by atoms with E-state index in [1.54, 1.807) is 0 Å². The standard InChI is InChI=1S/C6H6BrNO2S/c1-4(9)10-2-6-8-5(7)3-11-6/h3H,2H2,1H3. The van der Waals surface area contributed by atoms with Crippen LogP contribution in [0.5, 0.6) is 0 Å². The second kappa shape index (κ2) is 3.82. The molecule has 0 fully saturated rings. The number of aromatic nitrogens is 1. The quantitative estimate of drug-likeness (QED) is 0.737. The molecule has 0 aliphatic heterocycles. The molecular weight excluding hydrogens is 230 g/mol. The van der Waals surface area contributed by atoms with E-state index in [1.165, 1.54) is 18.3 Å². The Morgan fingerprint density at radius 3 is 3.09 bits per heavy atom. The Hall–Kier alpha value is -0.420. The van der Waals surface area contributed by atoms with E-state index in [4.69, 9.17) is 4.74 Å². The highest BCUT2D eigenvalue weighted by Gasteiger charge is 2.00. The van der Waals surface area contributed by atoms with Crippen LogP contribution in [0.1, 0.15) is 11.9 Å². The summed E-state index contributed by atoms with van der Waals surface area (Å²) in [5, 5.41) is 2.64. The van der Waals surface area contributed by atoms with E-state index < -0.39 is 0 Å². The summed E-state index contributed by atoms with van der Waals surface area (Å²) < 4.78 is 5.51. The fourth-order valence-electron chi connectivity index (χ4n) is 0.518. The van der Waals surface area contributed by atoms with Crippen molar-refractivity contribution in [1.82, 2.24) is 4.98 Å². The normalized spacial score (nSPS) is 9.64. The number of hydrogen-bond donors (Lipinski definition) is 0. The van der Waals surface area contributed by atoms with Crippen molar-refractivity contribution in [3.8, 4) is 0 Å². The molecule has 1 aromatic heterocycles. The predicted molar refractivity (Wildman–Crippen MR) is 45.3 cm³/mol. The predicted octanol–water partition coefficient (Wildman–Crippen LogP) is 1.97. The number of ether oxygens (including phenoxy) is 1. The minimum Gasteiger partial charge on any atom is -0.458 e. The molecule has 0 unspecified atom stereocenters. The first kappa shape index (κ1) is 8.67. The number of esters is 1. The molecule has 0 radical (unpaired) electrons. The van der Waals surface area contributed by atoms with Crippen LogP contribution in [-0.4, -0.2) is 11.0 Å². The maximum atomic E-state index is 10.4. The van der Waals surface area contributed by atoms with Gasteiger partial charge in [0, 0.05) is 12.3 Å². The molecule has 11 heavy (non-hydrogen) atoms. The summed E-state index contributed by atoms with van der Waals surface area (Å²) in [6.07, 6.45) is 0. The van der Waals surface area contributed by atoms with Crippen molar-refractivity contribution in [2.24, 2.45) is 0 Å². The second-order valence-corrected chi connectivity index (χ2v) is 3.60. The van der Waals surface area contributed by atoms with Gasteiger partial charge in [-0.2, -0.15) is 0 Å². The number of thiazole rings is 1. The average Bonchev–Trinajstić information content (AvgIpc) is 2.31. The third kappa shape index (κ3) is 2.98. The number of nitrogens with zero attached hydrogens (tertiary/aromatic N) is 1. The molecule has 3 nitrogen and oxygen atoms in total. The fraction of sp³-hybridized carbons (Fsp3) is 0.333. The van der Waals surface area contributed by atoms with Crippen LogP contribution in [0.4, 0.5) is 0 Å². The Morgan fingerprint density at radius 1 is 1.91 bits per heavy atom. The van der Waals surface area contributed by atoms with Crippen molar-refractivity contribution in [2.75, 3.05) is 0 Å². The minimum absolute atomic E-state index is 0.269. The lowest BCUT2D eigenvalue weighted by Gasteiger charge is -1.95. The minimum atomic E-state index is -0.281. The van der Waals surface area contributed by atoms with Gasteiger partial charge in [0.2, 0.25) is 0 Å². The molecule has 0 aliphatic carbocycles. The van der Waals surface area contributed by atoms with Gasteiger partial charge in [-0.25, -0.2) is 4.98 Å². The molecule has 0 aliphatic rings. The highest BCUT2D eigenvalue weighted by atomic mass is 79.9. The molecule has 1 heterocycles. The molecule has 5 heteroatoms. The SMILES string of the molecule is CC(=O)OCc1nc(Br)cs1. The molecule has 60 valence electrons. The first-order chi connectivity index (χ1) is 5.18. The molecule has 0 atom stereocenters. The van der Waals surface area contributed by atoms with E-state index >= 15 is 0 Å². The molecular formula is C6H6BrNO2S. The van der Waals surface area contributed by atoms with Gasteiger partial charge in [0.05, 0.1) is 0 Å². The van der Waals surface area contributed by atoms with Crippen LogP contribution in [0.2, 0.25) is 0 Å². The van der Waals surface area contributed by atoms with Crippen LogP contribution >= 0.6 is 27.3 Å². The Labute approximate surface area is 76.5 Å². The van der Waals surface area contributed by atoms with E-state index in [9.17, 15) is 4.79 Å². The van der Waals surface area contributed by atoms with Gasteiger partial charge in [0.25, 0.3) is 0 Å². The Balaban J connectivity index is 2.45. The largest absolute Gasteiger partial charge is 0.458 e. The molecule has 1 rings (SSSR count). The summed E-state index contributed by atoms with van der Waals surface area (Å²) >= 11 is 4.65. The lowest BCUT2D eigenvalue weighted by Crippen LogP contribution is -1.97. The van der Waals surface area contributed by atoms with E-state index in [0.717, 1.165) is 9.61 Å². The summed E-state index contributed by atoms with van der Waals surface area (Å²) in [7, 11) is 0. The highest BCUT2D eigenvalue weighted by Crippen LogP contribution is 2.15. The lowest BCUT2D eigenvalue weighted by atomic mass is 10.7. The first-order valence-electron chi connectivity index (χ1n) is 2.92. The zero-order valence-corrected chi connectivity index (χ0v) is 8.24. The Kier molecular flexibility index (Phi) is 3.02. The third-order valence-corrected chi connectivity index (χ3v) is 2.45. The first-order valence-corrected chi connectivity index (χ1v) is 4.59. The molecule has 0 saturated heterocycles. The molecule has 1 aromatic rings. The molecule has 0 spiro atoms. The molecule has 0 N–H and O–H groups in total. The van der Waals surface area contributed by atoms with Crippen molar-refractivity contribution < 1.29 is 9.53 Å². The van der Waals surface area contributed by atoms with Gasteiger partial charge >= 0.3 is 5.97 Å². The smallest absolute Gasteiger partial charge is 0.303 e. The monoisotopic (exact) mass is 235 g/mol. The maximum absolute atomic E-state index is 10.4. The van der Waals surface area contributed by atoms with Crippen LogP contribution in [0, 0.1) is 0 Å². The van der Waals surface area contributed by atoms with Gasteiger partial charge in [-0.3, -0.25) is 4.79 Å². The number of hydrogen-bond acceptors (Lipinski definition) is 4. The van der Waals surface area contributed by atoms with Crippen LogP contribution in [0.25, 0.3) is 0 Å². The summed E-state index contributed by atoms with van der Waals surface area (Å²) in [5.41, 5.74) is 0. The van der Waals surface area contributed by atoms with Gasteiger partial charge in [0.1, 0.15) is 16.2 Å². The van der Waals surface area contributed by atoms with Crippen molar-refractivity contribution in [1.29, 1.82) is 0 Å². The number of rotatable bonds is 2. The third-order valence-electron chi connectivity index (χ3n) is 0.923. The van der Waals surface area contributed by atoms with E-state index in [-0.39, 0.29) is 12.6 Å². The fourth-order valence-corrected chi connectivity index (χ4v) is 1.69. The summed E-state index contributed by atoms with van der Waals surface area (Å²) in [6.45, 7) is 1.65. The topological polar surface area (TPSA) is 39.2 Å². The molecule has 0 bridgehead atoms. The van der Waals surface area contributed by atoms with Crippen LogP contribution in [-0.2, 0) is 16.1 Å². The van der Waals surface area contributed by atoms with Gasteiger partial charge in [0.15, 0.2) is 0 Å². The average molecular weight is 236 g/mol. The van der Waals surface area contributed by atoms with Gasteiger partial charge in [-0.1, -0.05) is 0 Å². The molecule has 0 amide bonds. The Morgan fingerprint density at radius 2 is 2.64 bits per heavy atom. The van der Waals surface area contributed by atoms with Gasteiger partial charge < -0.3 is 4.74 Å². The highest BCUT2D eigenvalue weighted by molar-refractivity contribution is 9.10. The van der Waals surface area contributed by atoms with E-state index in [0.29, 0.717) is 0 Å². The Bertz CT molecular complexity index is 261. The van der Waals surface area contributed by atoms with Crippen LogP contribution in [0.3, 0.4) is 0 Å². The van der Waals surface area contributed by atoms with Gasteiger partial charge in [-0.05, 0) is 15.9 Å². The second-order valence-electron chi connectivity index (χ2n) is 1.84. The van der Waals surface area contributed by atoms with Gasteiger partial charge in [-0.15, -0.1) is 11.3 Å². The number of halogens is 1. The lowest BCUT2D eigenvalue weighted by molar-refractivity contribution is -0.142. The van der Waals surface area contributed by atoms with Crippen LogP contribution in [0.15, 0.2) is 9.98 Å². The molecule has 0 aromatic carbocycles. The van der Waals surface area contributed by atoms with Crippen LogP contribution < -0.4 is 0 Å².